The number of esters is 2. The lowest BCUT2D eigenvalue weighted by atomic mass is 9.90. The summed E-state index contributed by atoms with van der Waals surface area (Å²) in [5, 5.41) is 1.80. The minimum absolute atomic E-state index is 0.179. The number of hydrogen-bond acceptors (Lipinski definition) is 8. The maximum atomic E-state index is 14.2. The third-order valence-corrected chi connectivity index (χ3v) is 7.76. The zero-order valence-electron chi connectivity index (χ0n) is 23.3. The lowest BCUT2D eigenvalue weighted by Crippen LogP contribution is -2.40. The van der Waals surface area contributed by atoms with Crippen molar-refractivity contribution in [2.45, 2.75) is 39.7 Å². The van der Waals surface area contributed by atoms with Crippen molar-refractivity contribution in [2.24, 2.45) is 4.99 Å². The Hall–Kier alpha value is -4.50. The van der Waals surface area contributed by atoms with E-state index < -0.39 is 18.0 Å². The Morgan fingerprint density at radius 2 is 1.78 bits per heavy atom. The van der Waals surface area contributed by atoms with E-state index in [1.807, 2.05) is 43.3 Å². The fourth-order valence-corrected chi connectivity index (χ4v) is 6.13. The molecule has 1 aromatic heterocycles. The van der Waals surface area contributed by atoms with E-state index in [0.717, 1.165) is 17.2 Å². The lowest BCUT2D eigenvalue weighted by molar-refractivity contribution is -0.139. The number of para-hydroxylation sites is 1. The van der Waals surface area contributed by atoms with Crippen LogP contribution >= 0.6 is 11.3 Å². The summed E-state index contributed by atoms with van der Waals surface area (Å²) < 4.78 is 18.7. The van der Waals surface area contributed by atoms with Gasteiger partial charge in [-0.1, -0.05) is 73.2 Å². The van der Waals surface area contributed by atoms with Gasteiger partial charge in [-0.3, -0.25) is 14.2 Å². The Bertz CT molecular complexity index is 1870. The second-order valence-corrected chi connectivity index (χ2v) is 10.5. The van der Waals surface area contributed by atoms with Crippen LogP contribution in [0.3, 0.4) is 0 Å². The first kappa shape index (κ1) is 28.0. The summed E-state index contributed by atoms with van der Waals surface area (Å²) in [5.74, 6) is -0.0900. The number of carbonyl (C=O) groups excluding carboxylic acids is 2. The van der Waals surface area contributed by atoms with Gasteiger partial charge < -0.3 is 14.2 Å². The third kappa shape index (κ3) is 5.32. The summed E-state index contributed by atoms with van der Waals surface area (Å²) in [4.78, 5) is 44.8. The number of ether oxygens (including phenoxy) is 3. The van der Waals surface area contributed by atoms with Gasteiger partial charge in [0.05, 0.1) is 29.5 Å². The molecule has 9 heteroatoms. The average molecular weight is 571 g/mol. The number of allylic oxidation sites excluding steroid dienone is 1. The van der Waals surface area contributed by atoms with E-state index in [1.54, 1.807) is 48.9 Å². The Balaban J connectivity index is 1.86. The molecule has 0 saturated heterocycles. The molecule has 1 aliphatic rings. The van der Waals surface area contributed by atoms with Crippen LogP contribution in [0.4, 0.5) is 0 Å². The molecule has 0 aliphatic carbocycles. The molecule has 0 N–H and O–H groups in total. The smallest absolute Gasteiger partial charge is 0.338 e. The zero-order valence-corrected chi connectivity index (χ0v) is 24.1. The van der Waals surface area contributed by atoms with Crippen LogP contribution in [0.2, 0.25) is 0 Å². The van der Waals surface area contributed by atoms with E-state index in [9.17, 15) is 14.4 Å². The first-order valence-electron chi connectivity index (χ1n) is 13.4. The summed E-state index contributed by atoms with van der Waals surface area (Å²) in [6.07, 6.45) is 2.96. The van der Waals surface area contributed by atoms with E-state index in [1.165, 1.54) is 18.3 Å². The monoisotopic (exact) mass is 570 g/mol. The largest absolute Gasteiger partial charge is 0.496 e. The maximum Gasteiger partial charge on any atom is 0.338 e. The predicted octanol–water partition coefficient (Wildman–Crippen LogP) is 4.67. The van der Waals surface area contributed by atoms with E-state index >= 15 is 0 Å². The number of hydrogen-bond donors (Lipinski definition) is 0. The normalized spacial score (nSPS) is 14.9. The molecule has 1 atom stereocenters. The Kier molecular flexibility index (Phi) is 8.16. The second kappa shape index (κ2) is 11.9. The second-order valence-electron chi connectivity index (χ2n) is 9.45. The molecule has 0 fully saturated rings. The van der Waals surface area contributed by atoms with Gasteiger partial charge in [-0.05, 0) is 42.3 Å². The highest BCUT2D eigenvalue weighted by molar-refractivity contribution is 7.07. The molecule has 210 valence electrons. The van der Waals surface area contributed by atoms with Crippen LogP contribution < -0.4 is 24.4 Å². The fraction of sp³-hybridized carbons (Fsp3) is 0.250. The van der Waals surface area contributed by atoms with Crippen LogP contribution in [0.1, 0.15) is 50.8 Å². The average Bonchev–Trinajstić information content (AvgIpc) is 3.27. The lowest BCUT2D eigenvalue weighted by Gasteiger charge is -2.28. The summed E-state index contributed by atoms with van der Waals surface area (Å²) in [7, 11) is 1.57. The molecule has 0 saturated carbocycles. The van der Waals surface area contributed by atoms with Crippen LogP contribution in [0, 0.1) is 0 Å². The van der Waals surface area contributed by atoms with Crippen LogP contribution in [0.5, 0.6) is 11.5 Å². The molecule has 4 aromatic rings. The van der Waals surface area contributed by atoms with Gasteiger partial charge in [0.15, 0.2) is 4.80 Å². The SMILES string of the molecule is CCCC1=C(C(=O)OCC)C(c2c(OC)ccc3ccccc23)n2c(s/c(=C/c3ccccc3OC(C)=O)c2=O)=N1. The highest BCUT2D eigenvalue weighted by atomic mass is 32.1. The van der Waals surface area contributed by atoms with Crippen molar-refractivity contribution in [3.05, 3.63) is 103 Å². The molecule has 2 heterocycles. The van der Waals surface area contributed by atoms with Gasteiger partial charge >= 0.3 is 11.9 Å². The van der Waals surface area contributed by atoms with Crippen molar-refractivity contribution in [1.82, 2.24) is 4.57 Å². The minimum Gasteiger partial charge on any atom is -0.496 e. The van der Waals surface area contributed by atoms with Crippen molar-refractivity contribution >= 4 is 40.1 Å². The van der Waals surface area contributed by atoms with E-state index in [0.29, 0.717) is 49.7 Å². The number of aromatic nitrogens is 1. The Morgan fingerprint density at radius 3 is 2.51 bits per heavy atom. The fourth-order valence-electron chi connectivity index (χ4n) is 5.12. The van der Waals surface area contributed by atoms with E-state index in [2.05, 4.69) is 0 Å². The molecule has 1 aliphatic heterocycles. The number of rotatable bonds is 8. The molecule has 0 spiro atoms. The molecule has 0 amide bonds. The van der Waals surface area contributed by atoms with Crippen LogP contribution in [-0.2, 0) is 14.3 Å². The third-order valence-electron chi connectivity index (χ3n) is 6.78. The maximum absolute atomic E-state index is 14.2. The molecule has 1 unspecified atom stereocenters. The van der Waals surface area contributed by atoms with Crippen LogP contribution in [0.25, 0.3) is 16.8 Å². The van der Waals surface area contributed by atoms with Gasteiger partial charge in [0.25, 0.3) is 5.56 Å². The highest BCUT2D eigenvalue weighted by Crippen LogP contribution is 2.41. The van der Waals surface area contributed by atoms with Crippen molar-refractivity contribution in [2.75, 3.05) is 13.7 Å². The van der Waals surface area contributed by atoms with E-state index in [4.69, 9.17) is 19.2 Å². The van der Waals surface area contributed by atoms with Crippen LogP contribution in [0.15, 0.2) is 81.7 Å². The standard InChI is InChI=1S/C32H30N2O6S/c1-5-11-23-28(31(37)39-6-2)29(27-22-14-9-7-12-20(22)16-17-25(27)38-4)34-30(36)26(41-32(34)33-23)18-21-13-8-10-15-24(21)40-19(3)35/h7-10,12-18,29H,5-6,11H2,1-4H3/b26-18+. The summed E-state index contributed by atoms with van der Waals surface area (Å²) in [6.45, 7) is 5.27. The zero-order chi connectivity index (χ0) is 29.1. The number of carbonyl (C=O) groups is 2. The number of nitrogens with zero attached hydrogens (tertiary/aromatic N) is 2. The van der Waals surface area contributed by atoms with Gasteiger partial charge in [-0.15, -0.1) is 0 Å². The summed E-state index contributed by atoms with van der Waals surface area (Å²) >= 11 is 1.22. The van der Waals surface area contributed by atoms with Gasteiger partial charge in [-0.2, -0.15) is 0 Å². The quantitative estimate of drug-likeness (QED) is 0.226. The van der Waals surface area contributed by atoms with Gasteiger partial charge in [0.1, 0.15) is 17.5 Å². The molecule has 5 rings (SSSR count). The molecule has 0 bridgehead atoms. The van der Waals surface area contributed by atoms with Crippen molar-refractivity contribution in [3.8, 4) is 11.5 Å². The minimum atomic E-state index is -0.834. The topological polar surface area (TPSA) is 96.2 Å². The van der Waals surface area contributed by atoms with Crippen molar-refractivity contribution in [1.29, 1.82) is 0 Å². The molecule has 3 aromatic carbocycles. The molecular formula is C32H30N2O6S. The first-order chi connectivity index (χ1) is 19.9. The molecule has 41 heavy (non-hydrogen) atoms. The summed E-state index contributed by atoms with van der Waals surface area (Å²) in [6, 6.07) is 17.8. The van der Waals surface area contributed by atoms with Crippen molar-refractivity contribution < 1.29 is 23.8 Å². The van der Waals surface area contributed by atoms with Gasteiger partial charge in [-0.25, -0.2) is 9.79 Å². The van der Waals surface area contributed by atoms with Gasteiger partial charge in [0, 0.05) is 18.1 Å². The molecule has 8 nitrogen and oxygen atoms in total. The summed E-state index contributed by atoms with van der Waals surface area (Å²) in [5.41, 5.74) is 1.83. The molecule has 0 radical (unpaired) electrons. The van der Waals surface area contributed by atoms with E-state index in [-0.39, 0.29) is 12.2 Å². The van der Waals surface area contributed by atoms with Crippen LogP contribution in [-0.4, -0.2) is 30.2 Å². The Labute approximate surface area is 240 Å². The van der Waals surface area contributed by atoms with Gasteiger partial charge in [0.2, 0.25) is 0 Å². The number of thiazole rings is 1. The highest BCUT2D eigenvalue weighted by Gasteiger charge is 2.37. The predicted molar refractivity (Wildman–Crippen MR) is 158 cm³/mol. The number of benzene rings is 3. The van der Waals surface area contributed by atoms with Crippen molar-refractivity contribution in [3.63, 3.8) is 0 Å². The Morgan fingerprint density at radius 1 is 1.02 bits per heavy atom. The number of fused-ring (bicyclic) bond motifs is 2. The molecular weight excluding hydrogens is 540 g/mol. The number of methoxy groups -OCH3 is 1. The first-order valence-corrected chi connectivity index (χ1v) is 14.2.